The molecule has 0 saturated carbocycles. The number of nitriles is 1. The van der Waals surface area contributed by atoms with Crippen LogP contribution in [0.2, 0.25) is 0 Å². The SMILES string of the molecule is C=N/C=C(C#N)\C=C(/C)c1ccc2nnc(C(F)(F)c3ccc4nn(C)cc4c3F)n2n1. The number of hydrogen-bond acceptors (Lipinski definition) is 6. The Labute approximate surface area is 179 Å². The Kier molecular flexibility index (Phi) is 5.06. The highest BCUT2D eigenvalue weighted by Gasteiger charge is 2.43. The van der Waals surface area contributed by atoms with E-state index in [2.05, 4.69) is 32.1 Å². The summed E-state index contributed by atoms with van der Waals surface area (Å²) in [6.07, 6.45) is 4.08. The fraction of sp³-hybridized carbons (Fsp3) is 0.143. The zero-order valence-electron chi connectivity index (χ0n) is 17.0. The van der Waals surface area contributed by atoms with Crippen molar-refractivity contribution in [1.82, 2.24) is 29.6 Å². The van der Waals surface area contributed by atoms with E-state index in [1.54, 1.807) is 20.0 Å². The third-order valence-electron chi connectivity index (χ3n) is 4.76. The number of aromatic nitrogens is 6. The molecule has 0 bridgehead atoms. The van der Waals surface area contributed by atoms with Crippen LogP contribution in [0.15, 0.2) is 53.3 Å². The van der Waals surface area contributed by atoms with Crippen LogP contribution < -0.4 is 0 Å². The van der Waals surface area contributed by atoms with E-state index in [0.717, 1.165) is 10.6 Å². The van der Waals surface area contributed by atoms with Gasteiger partial charge in [-0.2, -0.15) is 28.8 Å². The summed E-state index contributed by atoms with van der Waals surface area (Å²) in [5.74, 6) is -5.76. The summed E-state index contributed by atoms with van der Waals surface area (Å²) in [6.45, 7) is 4.95. The molecule has 4 rings (SSSR count). The van der Waals surface area contributed by atoms with Crippen molar-refractivity contribution in [1.29, 1.82) is 5.26 Å². The lowest BCUT2D eigenvalue weighted by atomic mass is 10.0. The third-order valence-corrected chi connectivity index (χ3v) is 4.76. The molecule has 32 heavy (non-hydrogen) atoms. The van der Waals surface area contributed by atoms with E-state index in [9.17, 15) is 4.39 Å². The van der Waals surface area contributed by atoms with Gasteiger partial charge in [-0.3, -0.25) is 9.67 Å². The summed E-state index contributed by atoms with van der Waals surface area (Å²) in [7, 11) is 1.57. The standard InChI is InChI=1S/C21H15F3N8/c1-12(8-13(9-25)10-26-2)16-6-7-18-27-28-20(32(18)30-16)21(23,24)15-4-5-17-14(19(15)22)11-31(3)29-17/h4-8,10-11H,2H2,1,3H3/b12-8+,13-10+. The fourth-order valence-corrected chi connectivity index (χ4v) is 3.24. The van der Waals surface area contributed by atoms with Crippen LogP contribution in [-0.2, 0) is 13.0 Å². The minimum Gasteiger partial charge on any atom is -0.274 e. The average molecular weight is 436 g/mol. The van der Waals surface area contributed by atoms with Crippen molar-refractivity contribution in [2.24, 2.45) is 12.0 Å². The highest BCUT2D eigenvalue weighted by molar-refractivity contribution is 5.80. The molecule has 0 amide bonds. The Bertz CT molecular complexity index is 1470. The van der Waals surface area contributed by atoms with Gasteiger partial charge in [0.25, 0.3) is 0 Å². The molecule has 0 N–H and O–H groups in total. The van der Waals surface area contributed by atoms with Crippen molar-refractivity contribution < 1.29 is 13.2 Å². The smallest absolute Gasteiger partial charge is 0.274 e. The van der Waals surface area contributed by atoms with Crippen LogP contribution in [0.3, 0.4) is 0 Å². The Hall–Kier alpha value is -4.33. The third kappa shape index (κ3) is 3.41. The van der Waals surface area contributed by atoms with Crippen molar-refractivity contribution in [3.05, 3.63) is 71.2 Å². The monoisotopic (exact) mass is 436 g/mol. The second-order valence-electron chi connectivity index (χ2n) is 6.96. The highest BCUT2D eigenvalue weighted by Crippen LogP contribution is 2.38. The Balaban J connectivity index is 1.84. The molecule has 0 spiro atoms. The zero-order chi connectivity index (χ0) is 23.0. The van der Waals surface area contributed by atoms with Gasteiger partial charge in [-0.05, 0) is 49.6 Å². The fourth-order valence-electron chi connectivity index (χ4n) is 3.24. The van der Waals surface area contributed by atoms with E-state index in [-0.39, 0.29) is 22.1 Å². The number of hydrogen-bond donors (Lipinski definition) is 0. The van der Waals surface area contributed by atoms with Crippen molar-refractivity contribution in [3.63, 3.8) is 0 Å². The summed E-state index contributed by atoms with van der Waals surface area (Å²) >= 11 is 0. The summed E-state index contributed by atoms with van der Waals surface area (Å²) in [6, 6.07) is 7.24. The highest BCUT2D eigenvalue weighted by atomic mass is 19.3. The van der Waals surface area contributed by atoms with E-state index in [0.29, 0.717) is 11.3 Å². The van der Waals surface area contributed by atoms with Gasteiger partial charge in [0.1, 0.15) is 11.9 Å². The van der Waals surface area contributed by atoms with Crippen LogP contribution in [0.4, 0.5) is 13.2 Å². The number of halogens is 3. The quantitative estimate of drug-likeness (QED) is 0.269. The molecule has 3 heterocycles. The maximum atomic E-state index is 15.4. The maximum Gasteiger partial charge on any atom is 0.336 e. The summed E-state index contributed by atoms with van der Waals surface area (Å²) in [5.41, 5.74) is 0.464. The number of rotatable bonds is 5. The molecule has 160 valence electrons. The number of alkyl halides is 2. The number of nitrogens with zero attached hydrogens (tertiary/aromatic N) is 8. The lowest BCUT2D eigenvalue weighted by Crippen LogP contribution is -2.22. The van der Waals surface area contributed by atoms with Crippen LogP contribution >= 0.6 is 0 Å². The van der Waals surface area contributed by atoms with Gasteiger partial charge in [0, 0.05) is 19.4 Å². The van der Waals surface area contributed by atoms with Crippen molar-refractivity contribution in [3.8, 4) is 6.07 Å². The molecule has 3 aromatic heterocycles. The number of fused-ring (bicyclic) bond motifs is 2. The Morgan fingerprint density at radius 1 is 1.22 bits per heavy atom. The van der Waals surface area contributed by atoms with Crippen LogP contribution in [-0.4, -0.2) is 36.3 Å². The number of aliphatic imine (C=N–C) groups is 1. The maximum absolute atomic E-state index is 15.4. The van der Waals surface area contributed by atoms with Gasteiger partial charge in [-0.1, -0.05) is 0 Å². The topological polar surface area (TPSA) is 97.0 Å². The molecule has 0 unspecified atom stereocenters. The molecule has 11 heteroatoms. The molecule has 4 aromatic rings. The molecule has 0 saturated heterocycles. The average Bonchev–Trinajstić information content (AvgIpc) is 3.36. The van der Waals surface area contributed by atoms with Crippen LogP contribution in [0.5, 0.6) is 0 Å². The summed E-state index contributed by atoms with van der Waals surface area (Å²) in [4.78, 5) is 3.54. The van der Waals surface area contributed by atoms with E-state index >= 15 is 8.78 Å². The lowest BCUT2D eigenvalue weighted by Gasteiger charge is -2.15. The van der Waals surface area contributed by atoms with Gasteiger partial charge in [-0.25, -0.2) is 4.39 Å². The molecule has 0 atom stereocenters. The predicted octanol–water partition coefficient (Wildman–Crippen LogP) is 3.80. The first-order valence-electron chi connectivity index (χ1n) is 9.24. The van der Waals surface area contributed by atoms with E-state index in [4.69, 9.17) is 5.26 Å². The first-order valence-corrected chi connectivity index (χ1v) is 9.24. The van der Waals surface area contributed by atoms with E-state index in [1.807, 2.05) is 6.07 Å². The Morgan fingerprint density at radius 3 is 2.72 bits per heavy atom. The normalized spacial score (nSPS) is 13.0. The summed E-state index contributed by atoms with van der Waals surface area (Å²) < 4.78 is 48.0. The number of allylic oxidation sites excluding steroid dienone is 3. The second kappa shape index (κ2) is 7.73. The Morgan fingerprint density at radius 2 is 2.00 bits per heavy atom. The lowest BCUT2D eigenvalue weighted by molar-refractivity contribution is 0.0271. The van der Waals surface area contributed by atoms with Gasteiger partial charge < -0.3 is 0 Å². The van der Waals surface area contributed by atoms with Crippen LogP contribution in [0.1, 0.15) is 24.0 Å². The van der Waals surface area contributed by atoms with E-state index < -0.39 is 23.1 Å². The molecule has 1 aromatic carbocycles. The first-order chi connectivity index (χ1) is 15.3. The molecular weight excluding hydrogens is 421 g/mol. The molecule has 0 aliphatic rings. The molecule has 0 fully saturated rings. The zero-order valence-corrected chi connectivity index (χ0v) is 17.0. The van der Waals surface area contributed by atoms with Gasteiger partial charge in [0.05, 0.1) is 27.7 Å². The largest absolute Gasteiger partial charge is 0.336 e. The van der Waals surface area contributed by atoms with Gasteiger partial charge >= 0.3 is 5.92 Å². The van der Waals surface area contributed by atoms with Crippen molar-refractivity contribution in [2.45, 2.75) is 12.8 Å². The number of benzene rings is 1. The molecule has 0 aliphatic carbocycles. The molecular formula is C21H15F3N8. The first kappa shape index (κ1) is 20.9. The van der Waals surface area contributed by atoms with Crippen molar-refractivity contribution in [2.75, 3.05) is 0 Å². The van der Waals surface area contributed by atoms with Crippen LogP contribution in [0.25, 0.3) is 22.1 Å². The second-order valence-corrected chi connectivity index (χ2v) is 6.96. The molecule has 0 aliphatic heterocycles. The van der Waals surface area contributed by atoms with Gasteiger partial charge in [0.2, 0.25) is 5.82 Å². The molecule has 0 radical (unpaired) electrons. The molecule has 8 nitrogen and oxygen atoms in total. The van der Waals surface area contributed by atoms with Gasteiger partial charge in [-0.15, -0.1) is 10.2 Å². The number of aryl methyl sites for hydroxylation is 1. The predicted molar refractivity (Wildman–Crippen MR) is 111 cm³/mol. The minimum atomic E-state index is -3.83. The summed E-state index contributed by atoms with van der Waals surface area (Å²) in [5, 5.41) is 24.6. The van der Waals surface area contributed by atoms with Gasteiger partial charge in [0.15, 0.2) is 5.65 Å². The minimum absolute atomic E-state index is 0.0300. The van der Waals surface area contributed by atoms with Crippen molar-refractivity contribution >= 4 is 28.8 Å². The van der Waals surface area contributed by atoms with Crippen LogP contribution in [0, 0.1) is 17.1 Å². The van der Waals surface area contributed by atoms with E-state index in [1.165, 1.54) is 35.3 Å².